The van der Waals surface area contributed by atoms with E-state index < -0.39 is 53.7 Å². The summed E-state index contributed by atoms with van der Waals surface area (Å²) >= 11 is 0. The molecule has 0 aliphatic carbocycles. The summed E-state index contributed by atoms with van der Waals surface area (Å²) in [5.41, 5.74) is -2.15. The van der Waals surface area contributed by atoms with Crippen LogP contribution >= 0.6 is 0 Å². The quantitative estimate of drug-likeness (QED) is 0.389. The molecule has 0 saturated heterocycles. The Kier molecular flexibility index (Phi) is 6.87. The molecular weight excluding hydrogens is 516 g/mol. The van der Waals surface area contributed by atoms with Crippen LogP contribution in [0, 0.1) is 0 Å². The SMILES string of the molecule is CC(C)(C)OC(=O)N[C@H]1Cc2c([nH]c3ccccc23)CN(Cc2cc(C(F)(F)F)cc(C(F)(F)F)c2)C1=O. The first kappa shape index (κ1) is 27.3. The molecule has 38 heavy (non-hydrogen) atoms. The largest absolute Gasteiger partial charge is 0.444 e. The molecule has 0 radical (unpaired) electrons. The highest BCUT2D eigenvalue weighted by Gasteiger charge is 2.38. The lowest BCUT2D eigenvalue weighted by Gasteiger charge is -2.27. The standard InChI is InChI=1S/C26H25F6N3O3/c1-24(2,3)38-23(37)34-20-11-18-17-6-4-5-7-19(17)33-21(18)13-35(22(20)36)12-14-8-15(25(27,28)29)10-16(9-14)26(30,31)32/h4-10,20,33H,11-13H2,1-3H3,(H,34,37)/t20-/m0/s1. The molecule has 0 spiro atoms. The van der Waals surface area contributed by atoms with Crippen molar-refractivity contribution >= 4 is 22.9 Å². The average Bonchev–Trinajstić information content (AvgIpc) is 3.06. The van der Waals surface area contributed by atoms with Crippen LogP contribution < -0.4 is 5.32 Å². The third kappa shape index (κ3) is 6.05. The van der Waals surface area contributed by atoms with E-state index in [1.54, 1.807) is 39.0 Å². The summed E-state index contributed by atoms with van der Waals surface area (Å²) < 4.78 is 85.7. The number of halogens is 6. The van der Waals surface area contributed by atoms with Crippen LogP contribution in [-0.4, -0.2) is 33.5 Å². The monoisotopic (exact) mass is 541 g/mol. The van der Waals surface area contributed by atoms with Gasteiger partial charge in [-0.1, -0.05) is 18.2 Å². The number of fused-ring (bicyclic) bond motifs is 3. The van der Waals surface area contributed by atoms with Gasteiger partial charge in [-0.2, -0.15) is 26.3 Å². The van der Waals surface area contributed by atoms with Crippen LogP contribution in [0.3, 0.4) is 0 Å². The maximum absolute atomic E-state index is 13.5. The van der Waals surface area contributed by atoms with Crippen LogP contribution in [-0.2, 0) is 41.4 Å². The number of nitrogens with zero attached hydrogens (tertiary/aromatic N) is 1. The Balaban J connectivity index is 1.74. The van der Waals surface area contributed by atoms with E-state index in [4.69, 9.17) is 4.74 Å². The number of nitrogens with one attached hydrogen (secondary N) is 2. The first-order chi connectivity index (χ1) is 17.5. The fourth-order valence-corrected chi connectivity index (χ4v) is 4.43. The molecule has 6 nitrogen and oxygen atoms in total. The van der Waals surface area contributed by atoms with E-state index in [-0.39, 0.29) is 24.6 Å². The minimum absolute atomic E-state index is 0.0381. The van der Waals surface area contributed by atoms with Crippen LogP contribution in [0.25, 0.3) is 10.9 Å². The molecule has 1 aliphatic rings. The number of alkyl halides is 6. The molecule has 2 amide bonds. The Morgan fingerprint density at radius 2 is 1.63 bits per heavy atom. The van der Waals surface area contributed by atoms with Gasteiger partial charge in [-0.25, -0.2) is 4.79 Å². The van der Waals surface area contributed by atoms with E-state index in [1.807, 2.05) is 6.07 Å². The van der Waals surface area contributed by atoms with E-state index in [1.165, 1.54) is 0 Å². The van der Waals surface area contributed by atoms with Crippen LogP contribution in [0.15, 0.2) is 42.5 Å². The molecule has 12 heteroatoms. The molecule has 0 bridgehead atoms. The van der Waals surface area contributed by atoms with Gasteiger partial charge in [0.05, 0.1) is 17.7 Å². The molecule has 2 heterocycles. The van der Waals surface area contributed by atoms with E-state index in [0.717, 1.165) is 15.8 Å². The number of benzene rings is 2. The predicted molar refractivity (Wildman–Crippen MR) is 126 cm³/mol. The van der Waals surface area contributed by atoms with Crippen LogP contribution in [0.4, 0.5) is 31.1 Å². The minimum Gasteiger partial charge on any atom is -0.444 e. The first-order valence-corrected chi connectivity index (χ1v) is 11.7. The number of aromatic nitrogens is 1. The van der Waals surface area contributed by atoms with Crippen molar-refractivity contribution in [3.8, 4) is 0 Å². The number of hydrogen-bond donors (Lipinski definition) is 2. The number of ether oxygens (including phenoxy) is 1. The zero-order chi connectivity index (χ0) is 28.0. The number of hydrogen-bond acceptors (Lipinski definition) is 3. The topological polar surface area (TPSA) is 74.4 Å². The summed E-state index contributed by atoms with van der Waals surface area (Å²) in [7, 11) is 0. The normalized spacial score (nSPS) is 16.8. The second-order valence-corrected chi connectivity index (χ2v) is 10.1. The van der Waals surface area contributed by atoms with Gasteiger partial charge < -0.3 is 19.9 Å². The van der Waals surface area contributed by atoms with Gasteiger partial charge in [0.25, 0.3) is 0 Å². The Morgan fingerprint density at radius 1 is 1.03 bits per heavy atom. The zero-order valence-corrected chi connectivity index (χ0v) is 20.7. The summed E-state index contributed by atoms with van der Waals surface area (Å²) in [6, 6.07) is 7.25. The second-order valence-electron chi connectivity index (χ2n) is 10.1. The molecule has 204 valence electrons. The first-order valence-electron chi connectivity index (χ1n) is 11.7. The van der Waals surface area contributed by atoms with Crippen LogP contribution in [0.1, 0.15) is 48.7 Å². The second kappa shape index (κ2) is 9.55. The third-order valence-electron chi connectivity index (χ3n) is 5.98. The van der Waals surface area contributed by atoms with Crippen molar-refractivity contribution < 1.29 is 40.7 Å². The lowest BCUT2D eigenvalue weighted by Crippen LogP contribution is -2.49. The van der Waals surface area contributed by atoms with Crippen molar-refractivity contribution in [3.05, 3.63) is 70.4 Å². The lowest BCUT2D eigenvalue weighted by atomic mass is 10.0. The highest BCUT2D eigenvalue weighted by molar-refractivity contribution is 5.90. The van der Waals surface area contributed by atoms with Crippen molar-refractivity contribution in [2.45, 2.75) is 64.3 Å². The molecule has 2 N–H and O–H groups in total. The van der Waals surface area contributed by atoms with Crippen LogP contribution in [0.2, 0.25) is 0 Å². The van der Waals surface area contributed by atoms with Crippen molar-refractivity contribution in [3.63, 3.8) is 0 Å². The molecule has 1 aromatic heterocycles. The molecule has 4 rings (SSSR count). The number of alkyl carbamates (subject to hydrolysis) is 1. The van der Waals surface area contributed by atoms with Crippen molar-refractivity contribution in [2.24, 2.45) is 0 Å². The Morgan fingerprint density at radius 3 is 2.21 bits per heavy atom. The number of rotatable bonds is 3. The van der Waals surface area contributed by atoms with Crippen molar-refractivity contribution in [1.82, 2.24) is 15.2 Å². The summed E-state index contributed by atoms with van der Waals surface area (Å²) in [4.78, 5) is 30.3. The summed E-state index contributed by atoms with van der Waals surface area (Å²) in [5, 5.41) is 3.31. The average molecular weight is 541 g/mol. The molecule has 3 aromatic rings. The fraction of sp³-hybridized carbons (Fsp3) is 0.385. The molecule has 1 atom stereocenters. The van der Waals surface area contributed by atoms with Gasteiger partial charge in [-0.15, -0.1) is 0 Å². The predicted octanol–water partition coefficient (Wildman–Crippen LogP) is 6.18. The summed E-state index contributed by atoms with van der Waals surface area (Å²) in [6.45, 7) is 4.24. The minimum atomic E-state index is -5.02. The van der Waals surface area contributed by atoms with Gasteiger partial charge in [0.2, 0.25) is 5.91 Å². The maximum Gasteiger partial charge on any atom is 0.416 e. The number of carbonyl (C=O) groups excluding carboxylic acids is 2. The number of amides is 2. The van der Waals surface area contributed by atoms with Gasteiger partial charge >= 0.3 is 18.4 Å². The number of carbonyl (C=O) groups is 2. The van der Waals surface area contributed by atoms with Gasteiger partial charge in [-0.05, 0) is 56.2 Å². The summed E-state index contributed by atoms with van der Waals surface area (Å²) in [6.07, 6.45) is -10.9. The van der Waals surface area contributed by atoms with Gasteiger partial charge in [0, 0.05) is 29.6 Å². The highest BCUT2D eigenvalue weighted by atomic mass is 19.4. The third-order valence-corrected chi connectivity index (χ3v) is 5.98. The van der Waals surface area contributed by atoms with Gasteiger partial charge in [0.1, 0.15) is 11.6 Å². The fourth-order valence-electron chi connectivity index (χ4n) is 4.43. The zero-order valence-electron chi connectivity index (χ0n) is 20.7. The Bertz CT molecular complexity index is 1340. The van der Waals surface area contributed by atoms with Crippen LogP contribution in [0.5, 0.6) is 0 Å². The van der Waals surface area contributed by atoms with Gasteiger partial charge in [0.15, 0.2) is 0 Å². The molecular formula is C26H25F6N3O3. The highest BCUT2D eigenvalue weighted by Crippen LogP contribution is 2.37. The molecule has 0 saturated carbocycles. The number of H-pyrrole nitrogens is 1. The maximum atomic E-state index is 13.5. The molecule has 0 unspecified atom stereocenters. The smallest absolute Gasteiger partial charge is 0.416 e. The van der Waals surface area contributed by atoms with E-state index in [2.05, 4.69) is 10.3 Å². The van der Waals surface area contributed by atoms with E-state index in [9.17, 15) is 35.9 Å². The number of aromatic amines is 1. The molecule has 1 aliphatic heterocycles. The van der Waals surface area contributed by atoms with Gasteiger partial charge in [-0.3, -0.25) is 4.79 Å². The molecule has 2 aromatic carbocycles. The van der Waals surface area contributed by atoms with Crippen molar-refractivity contribution in [2.75, 3.05) is 0 Å². The Hall–Kier alpha value is -3.70. The molecule has 0 fully saturated rings. The summed E-state index contributed by atoms with van der Waals surface area (Å²) in [5.74, 6) is -0.671. The number of para-hydroxylation sites is 1. The lowest BCUT2D eigenvalue weighted by molar-refractivity contribution is -0.143. The van der Waals surface area contributed by atoms with E-state index >= 15 is 0 Å². The Labute approximate surface area is 213 Å². The van der Waals surface area contributed by atoms with Crippen molar-refractivity contribution in [1.29, 1.82) is 0 Å². The van der Waals surface area contributed by atoms with E-state index in [0.29, 0.717) is 23.4 Å².